The van der Waals surface area contributed by atoms with Crippen LogP contribution in [0.1, 0.15) is 50.6 Å². The highest BCUT2D eigenvalue weighted by Crippen LogP contribution is 2.38. The van der Waals surface area contributed by atoms with Gasteiger partial charge in [-0.2, -0.15) is 5.26 Å². The van der Waals surface area contributed by atoms with Crippen LogP contribution in [0.25, 0.3) is 9.53 Å². The van der Waals surface area contributed by atoms with Gasteiger partial charge in [0.05, 0.1) is 26.6 Å². The van der Waals surface area contributed by atoms with Gasteiger partial charge in [-0.15, -0.1) is 22.7 Å². The number of carbonyl (C=O) groups is 1. The number of nitrogens with two attached hydrogens (primary N) is 1. The van der Waals surface area contributed by atoms with Crippen molar-refractivity contribution in [3.05, 3.63) is 38.5 Å². The number of anilines is 2. The Hall–Kier alpha value is -2.74. The van der Waals surface area contributed by atoms with Crippen LogP contribution in [0.4, 0.5) is 15.8 Å². The summed E-state index contributed by atoms with van der Waals surface area (Å²) < 4.78 is 16.2. The van der Waals surface area contributed by atoms with Crippen molar-refractivity contribution in [2.45, 2.75) is 57.2 Å². The first-order chi connectivity index (χ1) is 16.4. The van der Waals surface area contributed by atoms with Gasteiger partial charge >= 0.3 is 0 Å². The molecular formula is C24H25FN6OS2. The molecular weight excluding hydrogens is 471 g/mol. The van der Waals surface area contributed by atoms with Gasteiger partial charge in [0.15, 0.2) is 0 Å². The number of amides is 1. The van der Waals surface area contributed by atoms with Crippen molar-refractivity contribution in [2.75, 3.05) is 23.7 Å². The number of benzene rings is 1. The lowest BCUT2D eigenvalue weighted by Gasteiger charge is -2.36. The number of hydrogen-bond donors (Lipinski definition) is 3. The molecule has 0 saturated carbocycles. The highest BCUT2D eigenvalue weighted by molar-refractivity contribution is 7.29. The van der Waals surface area contributed by atoms with Crippen LogP contribution in [0.3, 0.4) is 0 Å². The summed E-state index contributed by atoms with van der Waals surface area (Å²) in [6.45, 7) is 3.52. The molecule has 1 amide bonds. The van der Waals surface area contributed by atoms with E-state index in [-0.39, 0.29) is 17.8 Å². The van der Waals surface area contributed by atoms with Gasteiger partial charge in [-0.3, -0.25) is 4.79 Å². The van der Waals surface area contributed by atoms with Crippen molar-refractivity contribution >= 4 is 49.5 Å². The lowest BCUT2D eigenvalue weighted by molar-refractivity contribution is 0.0938. The Balaban J connectivity index is 1.24. The van der Waals surface area contributed by atoms with Crippen molar-refractivity contribution in [2.24, 2.45) is 0 Å². The first-order valence-corrected chi connectivity index (χ1v) is 13.3. The Kier molecular flexibility index (Phi) is 5.24. The van der Waals surface area contributed by atoms with Crippen molar-refractivity contribution < 1.29 is 9.18 Å². The number of thiophene rings is 1. The molecule has 4 N–H and O–H groups in total. The van der Waals surface area contributed by atoms with E-state index >= 15 is 4.39 Å². The molecule has 7 nitrogen and oxygen atoms in total. The zero-order valence-electron chi connectivity index (χ0n) is 18.8. The summed E-state index contributed by atoms with van der Waals surface area (Å²) in [5.74, 6) is -0.530. The van der Waals surface area contributed by atoms with E-state index in [0.29, 0.717) is 58.7 Å². The average Bonchev–Trinajstić information content (AvgIpc) is 3.46. The number of nitriles is 1. The minimum Gasteiger partial charge on any atom is -0.396 e. The smallest absolute Gasteiger partial charge is 0.263 e. The van der Waals surface area contributed by atoms with E-state index in [2.05, 4.69) is 26.6 Å². The lowest BCUT2D eigenvalue weighted by atomic mass is 9.84. The van der Waals surface area contributed by atoms with Crippen molar-refractivity contribution in [3.63, 3.8) is 0 Å². The van der Waals surface area contributed by atoms with Gasteiger partial charge in [0, 0.05) is 31.2 Å². The minimum atomic E-state index is -0.287. The van der Waals surface area contributed by atoms with Crippen LogP contribution in [0, 0.1) is 24.1 Å². The second-order valence-corrected chi connectivity index (χ2v) is 11.7. The molecule has 0 spiro atoms. The number of nitrogen functional groups attached to an aromatic ring is 1. The maximum Gasteiger partial charge on any atom is 0.263 e. The van der Waals surface area contributed by atoms with E-state index in [1.165, 1.54) is 28.7 Å². The summed E-state index contributed by atoms with van der Waals surface area (Å²) >= 11 is 2.78. The SMILES string of the molecule is Cc1nc2sc(C(=O)N[C@@H]3CCc4c(C#N)c(N5CC6CCC(C5)N6)cc(F)c4C3)c(N)c2s1. The van der Waals surface area contributed by atoms with Gasteiger partial charge in [-0.1, -0.05) is 0 Å². The summed E-state index contributed by atoms with van der Waals surface area (Å²) in [4.78, 5) is 20.8. The molecule has 1 aromatic carbocycles. The number of rotatable bonds is 3. The fraction of sp³-hybridized carbons (Fsp3) is 0.458. The molecule has 34 heavy (non-hydrogen) atoms. The topological polar surface area (TPSA) is 107 Å². The number of nitrogens with one attached hydrogen (secondary N) is 2. The standard InChI is InChI=1S/C24H25FN6OS2/c1-11-28-24-22(33-11)20(27)21(34-24)23(32)30-12-4-5-15-16(6-12)18(25)7-19(17(15)8-26)31-9-13-2-3-14(10-31)29-13/h7,12-14,29H,2-6,9-10,27H2,1H3,(H,30,32)/t12-,13?,14?/m1/s1. The summed E-state index contributed by atoms with van der Waals surface area (Å²) in [5.41, 5.74) is 9.34. The number of hydrogen-bond acceptors (Lipinski definition) is 8. The van der Waals surface area contributed by atoms with E-state index in [0.717, 1.165) is 46.0 Å². The van der Waals surface area contributed by atoms with E-state index in [4.69, 9.17) is 5.73 Å². The number of nitrogens with zero attached hydrogens (tertiary/aromatic N) is 3. The fourth-order valence-electron chi connectivity index (χ4n) is 5.71. The van der Waals surface area contributed by atoms with Crippen LogP contribution in [0.15, 0.2) is 6.07 Å². The molecule has 3 atom stereocenters. The monoisotopic (exact) mass is 496 g/mol. The zero-order valence-corrected chi connectivity index (χ0v) is 20.4. The molecule has 2 unspecified atom stereocenters. The lowest BCUT2D eigenvalue weighted by Crippen LogP contribution is -2.51. The largest absolute Gasteiger partial charge is 0.396 e. The van der Waals surface area contributed by atoms with Crippen LogP contribution >= 0.6 is 22.7 Å². The molecule has 4 heterocycles. The maximum atomic E-state index is 15.4. The Morgan fingerprint density at radius 3 is 2.76 bits per heavy atom. The third-order valence-corrected chi connectivity index (χ3v) is 9.50. The summed E-state index contributed by atoms with van der Waals surface area (Å²) in [7, 11) is 0. The third-order valence-electron chi connectivity index (χ3n) is 7.27. The zero-order chi connectivity index (χ0) is 23.6. The molecule has 6 rings (SSSR count). The van der Waals surface area contributed by atoms with E-state index in [9.17, 15) is 10.1 Å². The summed E-state index contributed by atoms with van der Waals surface area (Å²) in [5, 5.41) is 17.5. The average molecular weight is 497 g/mol. The number of aromatic nitrogens is 1. The number of fused-ring (bicyclic) bond motifs is 4. The van der Waals surface area contributed by atoms with Crippen LogP contribution in [0.2, 0.25) is 0 Å². The second-order valence-electron chi connectivity index (χ2n) is 9.49. The Labute approximate surface area is 204 Å². The first kappa shape index (κ1) is 21.8. The third kappa shape index (κ3) is 3.54. The van der Waals surface area contributed by atoms with Gasteiger partial charge in [0.1, 0.15) is 21.6 Å². The van der Waals surface area contributed by atoms with Gasteiger partial charge in [-0.05, 0) is 56.2 Å². The first-order valence-electron chi connectivity index (χ1n) is 11.6. The molecule has 2 aromatic heterocycles. The molecule has 2 aliphatic heterocycles. The molecule has 3 aromatic rings. The number of aryl methyl sites for hydroxylation is 1. The summed E-state index contributed by atoms with van der Waals surface area (Å²) in [6.07, 6.45) is 3.83. The molecule has 1 aliphatic carbocycles. The van der Waals surface area contributed by atoms with Crippen LogP contribution < -0.4 is 21.3 Å². The predicted octanol–water partition coefficient (Wildman–Crippen LogP) is 3.49. The highest BCUT2D eigenvalue weighted by Gasteiger charge is 2.35. The number of piperazine rings is 1. The van der Waals surface area contributed by atoms with Gasteiger partial charge in [0.25, 0.3) is 5.91 Å². The molecule has 0 radical (unpaired) electrons. The summed E-state index contributed by atoms with van der Waals surface area (Å²) in [6, 6.07) is 4.50. The van der Waals surface area contributed by atoms with Gasteiger partial charge in [-0.25, -0.2) is 9.37 Å². The van der Waals surface area contributed by atoms with Crippen molar-refractivity contribution in [1.29, 1.82) is 5.26 Å². The van der Waals surface area contributed by atoms with Crippen LogP contribution in [-0.2, 0) is 12.8 Å². The van der Waals surface area contributed by atoms with Crippen molar-refractivity contribution in [1.82, 2.24) is 15.6 Å². The van der Waals surface area contributed by atoms with E-state index < -0.39 is 0 Å². The van der Waals surface area contributed by atoms with Gasteiger partial charge < -0.3 is 21.3 Å². The fourth-order valence-corrected chi connectivity index (χ4v) is 7.80. The Bertz CT molecular complexity index is 1350. The molecule has 2 saturated heterocycles. The van der Waals surface area contributed by atoms with E-state index in [1.807, 2.05) is 6.92 Å². The Morgan fingerprint density at radius 1 is 1.29 bits per heavy atom. The molecule has 10 heteroatoms. The van der Waals surface area contributed by atoms with E-state index in [1.54, 1.807) is 0 Å². The normalized spacial score (nSPS) is 23.7. The quantitative estimate of drug-likeness (QED) is 0.513. The molecule has 176 valence electrons. The number of carbonyl (C=O) groups excluding carboxylic acids is 1. The second kappa shape index (κ2) is 8.18. The minimum absolute atomic E-state index is 0.212. The predicted molar refractivity (Wildman–Crippen MR) is 133 cm³/mol. The number of thiazole rings is 1. The highest BCUT2D eigenvalue weighted by atomic mass is 32.1. The van der Waals surface area contributed by atoms with Crippen LogP contribution in [-0.4, -0.2) is 42.1 Å². The molecule has 2 fully saturated rings. The Morgan fingerprint density at radius 2 is 2.06 bits per heavy atom. The van der Waals surface area contributed by atoms with Crippen LogP contribution in [0.5, 0.6) is 0 Å². The maximum absolute atomic E-state index is 15.4. The number of halogens is 1. The van der Waals surface area contributed by atoms with Gasteiger partial charge in [0.2, 0.25) is 0 Å². The van der Waals surface area contributed by atoms with Crippen molar-refractivity contribution in [3.8, 4) is 6.07 Å². The molecule has 2 bridgehead atoms. The molecule has 3 aliphatic rings.